The first-order valence-corrected chi connectivity index (χ1v) is 10.6. The van der Waals surface area contributed by atoms with E-state index in [1.807, 2.05) is 0 Å². The molecule has 1 aliphatic rings. The molecule has 1 fully saturated rings. The summed E-state index contributed by atoms with van der Waals surface area (Å²) in [5.74, 6) is -0.142. The van der Waals surface area contributed by atoms with E-state index in [1.54, 1.807) is 0 Å². The Kier molecular flexibility index (Phi) is 7.00. The van der Waals surface area contributed by atoms with Gasteiger partial charge in [-0.05, 0) is 36.5 Å². The fraction of sp³-hybridized carbons (Fsp3) is 0.579. The van der Waals surface area contributed by atoms with Crippen molar-refractivity contribution in [3.8, 4) is 0 Å². The highest BCUT2D eigenvalue weighted by atomic mass is 32.2. The average Bonchev–Trinajstić information content (AvgIpc) is 2.63. The van der Waals surface area contributed by atoms with Gasteiger partial charge in [-0.3, -0.25) is 4.79 Å². The van der Waals surface area contributed by atoms with E-state index in [0.717, 1.165) is 23.6 Å². The number of sulfonamides is 1. The molecule has 1 aromatic carbocycles. The lowest BCUT2D eigenvalue weighted by Crippen LogP contribution is -2.45. The molecule has 27 heavy (non-hydrogen) atoms. The topological polar surface area (TPSA) is 92.8 Å². The molecule has 3 atom stereocenters. The zero-order valence-electron chi connectivity index (χ0n) is 16.3. The molecule has 3 unspecified atom stereocenters. The van der Waals surface area contributed by atoms with Crippen molar-refractivity contribution < 1.29 is 22.7 Å². The standard InChI is InChI=1S/C19H28N2O5S/c1-13-7-5-10-17(14(13)2)20-18(22)12-26-19(23)15-8-6-9-16(11-15)27(24,25)21(3)4/h6,8-9,11,13-14,17H,5,7,10,12H2,1-4H3,(H,20,22). The van der Waals surface area contributed by atoms with Gasteiger partial charge in [-0.25, -0.2) is 17.5 Å². The van der Waals surface area contributed by atoms with Crippen LogP contribution < -0.4 is 5.32 Å². The number of rotatable bonds is 6. The maximum atomic E-state index is 12.2. The molecule has 0 aliphatic heterocycles. The van der Waals surface area contributed by atoms with Crippen molar-refractivity contribution in [2.45, 2.75) is 44.0 Å². The number of esters is 1. The zero-order valence-corrected chi connectivity index (χ0v) is 17.1. The summed E-state index contributed by atoms with van der Waals surface area (Å²) in [5.41, 5.74) is 0.0883. The molecule has 1 saturated carbocycles. The maximum absolute atomic E-state index is 12.2. The summed E-state index contributed by atoms with van der Waals surface area (Å²) in [6.07, 6.45) is 3.16. The molecule has 0 radical (unpaired) electrons. The van der Waals surface area contributed by atoms with Gasteiger partial charge in [-0.2, -0.15) is 0 Å². The van der Waals surface area contributed by atoms with Gasteiger partial charge in [-0.15, -0.1) is 0 Å². The van der Waals surface area contributed by atoms with Crippen LogP contribution in [0.5, 0.6) is 0 Å². The van der Waals surface area contributed by atoms with E-state index < -0.39 is 16.0 Å². The van der Waals surface area contributed by atoms with E-state index in [4.69, 9.17) is 4.74 Å². The molecule has 1 amide bonds. The largest absolute Gasteiger partial charge is 0.452 e. The van der Waals surface area contributed by atoms with Gasteiger partial charge < -0.3 is 10.1 Å². The SMILES string of the molecule is CC1CCCC(NC(=O)COC(=O)c2cccc(S(=O)(=O)N(C)C)c2)C1C. The maximum Gasteiger partial charge on any atom is 0.338 e. The van der Waals surface area contributed by atoms with Crippen molar-refractivity contribution in [3.63, 3.8) is 0 Å². The number of carbonyl (C=O) groups excluding carboxylic acids is 2. The van der Waals surface area contributed by atoms with Crippen LogP contribution in [-0.2, 0) is 19.6 Å². The fourth-order valence-electron chi connectivity index (χ4n) is 3.24. The first-order chi connectivity index (χ1) is 12.6. The van der Waals surface area contributed by atoms with Gasteiger partial charge in [0.1, 0.15) is 0 Å². The van der Waals surface area contributed by atoms with Crippen molar-refractivity contribution in [1.82, 2.24) is 9.62 Å². The molecule has 2 rings (SSSR count). The summed E-state index contributed by atoms with van der Waals surface area (Å²) in [6, 6.07) is 5.68. The number of hydrogen-bond donors (Lipinski definition) is 1. The summed E-state index contributed by atoms with van der Waals surface area (Å²) in [5, 5.41) is 2.94. The van der Waals surface area contributed by atoms with Crippen LogP contribution >= 0.6 is 0 Å². The van der Waals surface area contributed by atoms with Crippen LogP contribution in [0.3, 0.4) is 0 Å². The molecule has 1 aliphatic carbocycles. The second-order valence-corrected chi connectivity index (χ2v) is 9.48. The van der Waals surface area contributed by atoms with Crippen LogP contribution in [-0.4, -0.2) is 51.3 Å². The molecule has 1 aromatic rings. The minimum atomic E-state index is -3.65. The smallest absolute Gasteiger partial charge is 0.338 e. The van der Waals surface area contributed by atoms with E-state index in [9.17, 15) is 18.0 Å². The third-order valence-electron chi connectivity index (χ3n) is 5.24. The lowest BCUT2D eigenvalue weighted by molar-refractivity contribution is -0.125. The van der Waals surface area contributed by atoms with E-state index in [-0.39, 0.29) is 29.0 Å². The Hall–Kier alpha value is -1.93. The van der Waals surface area contributed by atoms with Crippen LogP contribution in [0.2, 0.25) is 0 Å². The predicted octanol–water partition coefficient (Wildman–Crippen LogP) is 2.03. The normalized spacial score (nSPS) is 23.1. The first-order valence-electron chi connectivity index (χ1n) is 9.12. The van der Waals surface area contributed by atoms with E-state index >= 15 is 0 Å². The average molecular weight is 397 g/mol. The Bertz CT molecular complexity index is 791. The molecule has 7 nitrogen and oxygen atoms in total. The molecular weight excluding hydrogens is 368 g/mol. The number of carbonyl (C=O) groups is 2. The summed E-state index contributed by atoms with van der Waals surface area (Å²) in [6.45, 7) is 3.91. The fourth-order valence-corrected chi connectivity index (χ4v) is 4.19. The molecule has 0 saturated heterocycles. The molecule has 150 valence electrons. The Labute approximate surface area is 161 Å². The molecule has 0 spiro atoms. The predicted molar refractivity (Wildman–Crippen MR) is 102 cm³/mol. The second-order valence-electron chi connectivity index (χ2n) is 7.33. The van der Waals surface area contributed by atoms with Crippen molar-refractivity contribution in [2.24, 2.45) is 11.8 Å². The highest BCUT2D eigenvalue weighted by Gasteiger charge is 2.28. The summed E-state index contributed by atoms with van der Waals surface area (Å²) in [7, 11) is -0.820. The second kappa shape index (κ2) is 8.84. The molecule has 0 aromatic heterocycles. The summed E-state index contributed by atoms with van der Waals surface area (Å²) < 4.78 is 30.5. The number of nitrogens with one attached hydrogen (secondary N) is 1. The van der Waals surface area contributed by atoms with Gasteiger partial charge in [0.2, 0.25) is 10.0 Å². The van der Waals surface area contributed by atoms with Crippen LogP contribution in [0.4, 0.5) is 0 Å². The van der Waals surface area contributed by atoms with Gasteiger partial charge in [0, 0.05) is 20.1 Å². The third kappa shape index (κ3) is 5.29. The number of benzene rings is 1. The van der Waals surface area contributed by atoms with Gasteiger partial charge in [0.05, 0.1) is 10.5 Å². The lowest BCUT2D eigenvalue weighted by atomic mass is 9.78. The van der Waals surface area contributed by atoms with Gasteiger partial charge in [-0.1, -0.05) is 32.8 Å². The Morgan fingerprint density at radius 3 is 2.59 bits per heavy atom. The minimum absolute atomic E-state index is 0.00332. The third-order valence-corrected chi connectivity index (χ3v) is 7.05. The van der Waals surface area contributed by atoms with Crippen LogP contribution in [0.25, 0.3) is 0 Å². The number of hydrogen-bond acceptors (Lipinski definition) is 5. The number of amides is 1. The van der Waals surface area contributed by atoms with Gasteiger partial charge in [0.25, 0.3) is 5.91 Å². The first kappa shape index (κ1) is 21.4. The number of ether oxygens (including phenoxy) is 1. The van der Waals surface area contributed by atoms with Crippen LogP contribution in [0.1, 0.15) is 43.5 Å². The Morgan fingerprint density at radius 2 is 1.93 bits per heavy atom. The highest BCUT2D eigenvalue weighted by molar-refractivity contribution is 7.89. The molecular formula is C19H28N2O5S. The summed E-state index contributed by atoms with van der Waals surface area (Å²) >= 11 is 0. The minimum Gasteiger partial charge on any atom is -0.452 e. The van der Waals surface area contributed by atoms with Gasteiger partial charge >= 0.3 is 5.97 Å². The Balaban J connectivity index is 1.95. The monoisotopic (exact) mass is 396 g/mol. The summed E-state index contributed by atoms with van der Waals surface area (Å²) in [4.78, 5) is 24.3. The highest BCUT2D eigenvalue weighted by Crippen LogP contribution is 2.29. The number of nitrogens with zero attached hydrogens (tertiary/aromatic N) is 1. The van der Waals surface area contributed by atoms with E-state index in [0.29, 0.717) is 11.8 Å². The van der Waals surface area contributed by atoms with Crippen molar-refractivity contribution in [2.75, 3.05) is 20.7 Å². The van der Waals surface area contributed by atoms with Crippen molar-refractivity contribution in [1.29, 1.82) is 0 Å². The van der Waals surface area contributed by atoms with Gasteiger partial charge in [0.15, 0.2) is 6.61 Å². The Morgan fingerprint density at radius 1 is 1.22 bits per heavy atom. The van der Waals surface area contributed by atoms with Crippen molar-refractivity contribution in [3.05, 3.63) is 29.8 Å². The molecule has 0 bridgehead atoms. The molecule has 1 N–H and O–H groups in total. The van der Waals surface area contributed by atoms with Crippen LogP contribution in [0, 0.1) is 11.8 Å². The molecule has 0 heterocycles. The van der Waals surface area contributed by atoms with E-state index in [2.05, 4.69) is 19.2 Å². The zero-order chi connectivity index (χ0) is 20.2. The quantitative estimate of drug-likeness (QED) is 0.743. The van der Waals surface area contributed by atoms with Crippen LogP contribution in [0.15, 0.2) is 29.2 Å². The van der Waals surface area contributed by atoms with Crippen molar-refractivity contribution >= 4 is 21.9 Å². The van der Waals surface area contributed by atoms with E-state index in [1.165, 1.54) is 38.4 Å². The lowest BCUT2D eigenvalue weighted by Gasteiger charge is -2.34. The molecule has 8 heteroatoms.